The van der Waals surface area contributed by atoms with Crippen LogP contribution in [0.2, 0.25) is 0 Å². The zero-order valence-electron chi connectivity index (χ0n) is 6.49. The maximum absolute atomic E-state index is 12.7. The van der Waals surface area contributed by atoms with Crippen LogP contribution in [0.5, 0.6) is 0 Å². The van der Waals surface area contributed by atoms with Crippen molar-refractivity contribution < 1.29 is 22.0 Å². The van der Waals surface area contributed by atoms with Gasteiger partial charge < -0.3 is 0 Å². The Labute approximate surface area is 77.1 Å². The van der Waals surface area contributed by atoms with Crippen molar-refractivity contribution >= 4 is 11.6 Å². The summed E-state index contributed by atoms with van der Waals surface area (Å²) in [6, 6.07) is 0. The zero-order chi connectivity index (χ0) is 10.2. The molecule has 0 saturated heterocycles. The number of alkyl halides is 6. The summed E-state index contributed by atoms with van der Waals surface area (Å²) in [5.74, 6) is -1.81. The fourth-order valence-electron chi connectivity index (χ4n) is 1.39. The molecular weight excluding hydrogens is 215 g/mol. The largest absolute Gasteiger partial charge is 0.391 e. The van der Waals surface area contributed by atoms with E-state index in [4.69, 9.17) is 11.6 Å². The van der Waals surface area contributed by atoms with Crippen molar-refractivity contribution in [2.45, 2.75) is 36.7 Å². The van der Waals surface area contributed by atoms with E-state index in [9.17, 15) is 22.0 Å². The first-order chi connectivity index (χ1) is 5.82. The topological polar surface area (TPSA) is 0 Å². The Morgan fingerprint density at radius 1 is 1.08 bits per heavy atom. The Morgan fingerprint density at radius 2 is 1.62 bits per heavy atom. The van der Waals surface area contributed by atoms with E-state index in [0.29, 0.717) is 0 Å². The summed E-state index contributed by atoms with van der Waals surface area (Å²) in [6.07, 6.45) is -9.89. The van der Waals surface area contributed by atoms with Gasteiger partial charge in [0.15, 0.2) is 0 Å². The molecule has 6 heteroatoms. The predicted octanol–water partition coefficient (Wildman–Crippen LogP) is 3.24. The molecule has 1 fully saturated rings. The van der Waals surface area contributed by atoms with Crippen molar-refractivity contribution in [1.82, 2.24) is 0 Å². The predicted molar refractivity (Wildman–Crippen MR) is 38.2 cm³/mol. The highest BCUT2D eigenvalue weighted by molar-refractivity contribution is 6.21. The van der Waals surface area contributed by atoms with Crippen molar-refractivity contribution in [2.24, 2.45) is 5.92 Å². The molecule has 0 bridgehead atoms. The Balaban J connectivity index is 2.64. The maximum Gasteiger partial charge on any atom is 0.391 e. The van der Waals surface area contributed by atoms with Crippen LogP contribution in [-0.4, -0.2) is 23.9 Å². The summed E-state index contributed by atoms with van der Waals surface area (Å²) in [6.45, 7) is 0. The van der Waals surface area contributed by atoms with Gasteiger partial charge in [0, 0.05) is 0 Å². The van der Waals surface area contributed by atoms with Gasteiger partial charge in [-0.2, -0.15) is 13.2 Å². The molecule has 1 aliphatic carbocycles. The quantitative estimate of drug-likeness (QED) is 0.436. The molecule has 1 saturated carbocycles. The van der Waals surface area contributed by atoms with Gasteiger partial charge in [0.05, 0.1) is 11.3 Å². The van der Waals surface area contributed by atoms with Crippen LogP contribution in [0, 0.1) is 5.92 Å². The molecule has 0 amide bonds. The van der Waals surface area contributed by atoms with E-state index in [-0.39, 0.29) is 0 Å². The molecule has 0 radical (unpaired) electrons. The van der Waals surface area contributed by atoms with Gasteiger partial charge in [0.2, 0.25) is 0 Å². The molecule has 1 aliphatic rings. The lowest BCUT2D eigenvalue weighted by Gasteiger charge is -2.32. The first-order valence-corrected chi connectivity index (χ1v) is 4.25. The van der Waals surface area contributed by atoms with E-state index >= 15 is 0 Å². The number of hydrogen-bond donors (Lipinski definition) is 0. The summed E-state index contributed by atoms with van der Waals surface area (Å²) in [4.78, 5) is 0. The number of halogens is 6. The van der Waals surface area contributed by atoms with Crippen LogP contribution in [0.25, 0.3) is 0 Å². The van der Waals surface area contributed by atoms with Crippen molar-refractivity contribution in [3.8, 4) is 0 Å². The van der Waals surface area contributed by atoms with Crippen molar-refractivity contribution in [3.63, 3.8) is 0 Å². The van der Waals surface area contributed by atoms with Gasteiger partial charge in [-0.25, -0.2) is 8.78 Å². The Bertz CT molecular complexity index is 168. The SMILES string of the molecule is FC1CC(C(F)(F)F)CC(Cl)C1F. The summed E-state index contributed by atoms with van der Waals surface area (Å²) in [7, 11) is 0. The molecule has 0 heterocycles. The van der Waals surface area contributed by atoms with E-state index in [2.05, 4.69) is 0 Å². The van der Waals surface area contributed by atoms with Crippen LogP contribution < -0.4 is 0 Å². The molecule has 0 aromatic rings. The average Bonchev–Trinajstić information content (AvgIpc) is 1.97. The highest BCUT2D eigenvalue weighted by Gasteiger charge is 2.48. The molecule has 0 nitrogen and oxygen atoms in total. The summed E-state index contributed by atoms with van der Waals surface area (Å²) < 4.78 is 61.5. The van der Waals surface area contributed by atoms with Crippen molar-refractivity contribution in [2.75, 3.05) is 0 Å². The Morgan fingerprint density at radius 3 is 2.00 bits per heavy atom. The molecule has 0 spiro atoms. The molecule has 4 unspecified atom stereocenters. The van der Waals surface area contributed by atoms with Gasteiger partial charge in [-0.3, -0.25) is 0 Å². The lowest BCUT2D eigenvalue weighted by Crippen LogP contribution is -2.41. The van der Waals surface area contributed by atoms with Gasteiger partial charge in [-0.1, -0.05) is 0 Å². The third-order valence-corrected chi connectivity index (χ3v) is 2.59. The second kappa shape index (κ2) is 3.59. The highest BCUT2D eigenvalue weighted by atomic mass is 35.5. The molecule has 13 heavy (non-hydrogen) atoms. The molecule has 0 aromatic carbocycles. The first-order valence-electron chi connectivity index (χ1n) is 3.81. The van der Waals surface area contributed by atoms with E-state index in [1.54, 1.807) is 0 Å². The number of hydrogen-bond acceptors (Lipinski definition) is 0. The maximum atomic E-state index is 12.7. The van der Waals surface area contributed by atoms with Gasteiger partial charge in [-0.15, -0.1) is 11.6 Å². The minimum absolute atomic E-state index is 0.535. The Kier molecular flexibility index (Phi) is 3.05. The molecule has 78 valence electrons. The third kappa shape index (κ3) is 2.45. The van der Waals surface area contributed by atoms with Gasteiger partial charge in [-0.05, 0) is 12.8 Å². The average molecular weight is 223 g/mol. The molecule has 0 aliphatic heterocycles. The minimum Gasteiger partial charge on any atom is -0.244 e. The molecule has 1 rings (SSSR count). The Hall–Kier alpha value is -0.0600. The third-order valence-electron chi connectivity index (χ3n) is 2.17. The van der Waals surface area contributed by atoms with Crippen LogP contribution in [0.3, 0.4) is 0 Å². The lowest BCUT2D eigenvalue weighted by atomic mass is 9.86. The van der Waals surface area contributed by atoms with E-state index in [1.165, 1.54) is 0 Å². The molecular formula is C7H8ClF5. The second-order valence-electron chi connectivity index (χ2n) is 3.19. The fraction of sp³-hybridized carbons (Fsp3) is 1.00. The van der Waals surface area contributed by atoms with E-state index in [1.807, 2.05) is 0 Å². The van der Waals surface area contributed by atoms with Gasteiger partial charge >= 0.3 is 6.18 Å². The lowest BCUT2D eigenvalue weighted by molar-refractivity contribution is -0.189. The molecule has 0 N–H and O–H groups in total. The first kappa shape index (κ1) is 11.0. The summed E-state index contributed by atoms with van der Waals surface area (Å²) in [5.41, 5.74) is 0. The normalized spacial score (nSPS) is 42.0. The standard InChI is InChI=1S/C7H8ClF5/c8-4-1-3(7(11,12)13)2-5(9)6(4)10/h3-6H,1-2H2. The van der Waals surface area contributed by atoms with Crippen LogP contribution in [-0.2, 0) is 0 Å². The summed E-state index contributed by atoms with van der Waals surface area (Å²) in [5, 5.41) is -1.37. The van der Waals surface area contributed by atoms with Crippen LogP contribution in [0.4, 0.5) is 22.0 Å². The second-order valence-corrected chi connectivity index (χ2v) is 3.75. The van der Waals surface area contributed by atoms with Crippen LogP contribution in [0.15, 0.2) is 0 Å². The fourth-order valence-corrected chi connectivity index (χ4v) is 1.77. The van der Waals surface area contributed by atoms with Gasteiger partial charge in [0.25, 0.3) is 0 Å². The monoisotopic (exact) mass is 222 g/mol. The van der Waals surface area contributed by atoms with Gasteiger partial charge in [0.1, 0.15) is 12.3 Å². The zero-order valence-corrected chi connectivity index (χ0v) is 7.25. The minimum atomic E-state index is -4.47. The van der Waals surface area contributed by atoms with E-state index in [0.717, 1.165) is 0 Å². The van der Waals surface area contributed by atoms with Crippen molar-refractivity contribution in [1.29, 1.82) is 0 Å². The smallest absolute Gasteiger partial charge is 0.244 e. The van der Waals surface area contributed by atoms with Crippen LogP contribution in [0.1, 0.15) is 12.8 Å². The molecule has 4 atom stereocenters. The van der Waals surface area contributed by atoms with Crippen LogP contribution >= 0.6 is 11.6 Å². The highest BCUT2D eigenvalue weighted by Crippen LogP contribution is 2.41. The molecule has 0 aromatic heterocycles. The summed E-state index contributed by atoms with van der Waals surface area (Å²) >= 11 is 5.25. The van der Waals surface area contributed by atoms with Crippen molar-refractivity contribution in [3.05, 3.63) is 0 Å². The number of rotatable bonds is 0. The van der Waals surface area contributed by atoms with E-state index < -0.39 is 42.7 Å².